The highest BCUT2D eigenvalue weighted by molar-refractivity contribution is 6.62. The van der Waals surface area contributed by atoms with Gasteiger partial charge in [-0.3, -0.25) is 9.59 Å². The van der Waals surface area contributed by atoms with Crippen molar-refractivity contribution in [3.8, 4) is 0 Å². The first-order valence-corrected chi connectivity index (χ1v) is 5.08. The number of anilines is 1. The average molecular weight is 260 g/mol. The molecular weight excluding hydrogens is 253 g/mol. The molecule has 1 heterocycles. The van der Waals surface area contributed by atoms with Gasteiger partial charge in [0.2, 0.25) is 0 Å². The number of fused-ring (bicyclic) bond motifs is 1. The summed E-state index contributed by atoms with van der Waals surface area (Å²) in [5.41, 5.74) is -0.326. The van der Waals surface area contributed by atoms with Gasteiger partial charge < -0.3 is 17.8 Å². The fraction of sp³-hybridized carbons (Fsp3) is 0.200. The summed E-state index contributed by atoms with van der Waals surface area (Å²) in [6.45, 7) is -3.91. The lowest BCUT2D eigenvalue weighted by Gasteiger charge is -2.24. The standard InChI is InChI=1S/C10H7BF4NO2/c1-5-2-6(12)3-7-8(5)16(4-11(13,14)15)10(18)9(7)17/h2-3H,4H2,1H3/q-1. The Morgan fingerprint density at radius 3 is 2.39 bits per heavy atom. The van der Waals surface area contributed by atoms with Gasteiger partial charge in [-0.1, -0.05) is 0 Å². The molecule has 1 aliphatic heterocycles. The van der Waals surface area contributed by atoms with E-state index in [1.807, 2.05) is 0 Å². The van der Waals surface area contributed by atoms with E-state index in [1.54, 1.807) is 0 Å². The lowest BCUT2D eigenvalue weighted by molar-refractivity contribution is -0.114. The van der Waals surface area contributed by atoms with E-state index in [1.165, 1.54) is 6.92 Å². The molecule has 0 spiro atoms. The second kappa shape index (κ2) is 3.83. The Morgan fingerprint density at radius 1 is 1.22 bits per heavy atom. The van der Waals surface area contributed by atoms with Gasteiger partial charge in [0, 0.05) is 0 Å². The van der Waals surface area contributed by atoms with Crippen LogP contribution in [-0.2, 0) is 4.79 Å². The second-order valence-corrected chi connectivity index (χ2v) is 4.07. The maximum absolute atomic E-state index is 13.1. The van der Waals surface area contributed by atoms with Crippen LogP contribution in [0.25, 0.3) is 0 Å². The Bertz CT molecular complexity index is 556. The van der Waals surface area contributed by atoms with Gasteiger partial charge in [-0.25, -0.2) is 4.39 Å². The first kappa shape index (κ1) is 12.6. The SMILES string of the molecule is Cc1cc(F)cc2c1N(C[B-](F)(F)F)C(=O)C2=O. The highest BCUT2D eigenvalue weighted by Gasteiger charge is 2.41. The summed E-state index contributed by atoms with van der Waals surface area (Å²) in [5.74, 6) is -3.13. The van der Waals surface area contributed by atoms with Crippen molar-refractivity contribution in [2.24, 2.45) is 0 Å². The Hall–Kier alpha value is -1.86. The molecule has 1 aromatic carbocycles. The lowest BCUT2D eigenvalue weighted by atomic mass is 9.91. The molecule has 0 aliphatic carbocycles. The molecule has 0 bridgehead atoms. The Labute approximate surface area is 99.4 Å². The van der Waals surface area contributed by atoms with Crippen molar-refractivity contribution in [1.82, 2.24) is 0 Å². The summed E-state index contributed by atoms with van der Waals surface area (Å²) in [6.07, 6.45) is -1.50. The molecule has 0 saturated heterocycles. The molecule has 1 aliphatic rings. The van der Waals surface area contributed by atoms with Crippen LogP contribution in [0.15, 0.2) is 12.1 Å². The smallest absolute Gasteiger partial charge is 0.448 e. The number of carbonyl (C=O) groups is 2. The summed E-state index contributed by atoms with van der Waals surface area (Å²) in [6, 6.07) is 1.77. The number of Topliss-reactive ketones (excluding diaryl/α,β-unsaturated/α-hetero) is 1. The molecule has 1 aromatic rings. The van der Waals surface area contributed by atoms with Crippen LogP contribution in [0.1, 0.15) is 15.9 Å². The minimum absolute atomic E-state index is 0.129. The molecule has 18 heavy (non-hydrogen) atoms. The minimum Gasteiger partial charge on any atom is -0.448 e. The number of hydrogen-bond acceptors (Lipinski definition) is 2. The van der Waals surface area contributed by atoms with Crippen LogP contribution in [0.4, 0.5) is 23.0 Å². The number of amides is 1. The fourth-order valence-electron chi connectivity index (χ4n) is 1.99. The van der Waals surface area contributed by atoms with Crippen LogP contribution in [0.3, 0.4) is 0 Å². The summed E-state index contributed by atoms with van der Waals surface area (Å²) < 4.78 is 50.3. The molecule has 3 nitrogen and oxygen atoms in total. The van der Waals surface area contributed by atoms with E-state index in [0.29, 0.717) is 4.90 Å². The third kappa shape index (κ3) is 1.98. The van der Waals surface area contributed by atoms with Crippen LogP contribution >= 0.6 is 0 Å². The highest BCUT2D eigenvalue weighted by atomic mass is 19.4. The quantitative estimate of drug-likeness (QED) is 0.463. The van der Waals surface area contributed by atoms with E-state index in [-0.39, 0.29) is 16.8 Å². The summed E-state index contributed by atoms with van der Waals surface area (Å²) in [7, 11) is 0. The fourth-order valence-corrected chi connectivity index (χ4v) is 1.99. The van der Waals surface area contributed by atoms with Gasteiger partial charge in [0.1, 0.15) is 5.82 Å². The monoisotopic (exact) mass is 260 g/mol. The zero-order valence-electron chi connectivity index (χ0n) is 9.21. The third-order valence-electron chi connectivity index (χ3n) is 2.61. The van der Waals surface area contributed by atoms with E-state index in [2.05, 4.69) is 0 Å². The van der Waals surface area contributed by atoms with Gasteiger partial charge in [0.05, 0.1) is 11.3 Å². The molecule has 2 rings (SSSR count). The van der Waals surface area contributed by atoms with Crippen molar-refractivity contribution >= 4 is 24.4 Å². The van der Waals surface area contributed by atoms with Gasteiger partial charge in [0.15, 0.2) is 0 Å². The number of rotatable bonds is 2. The number of carbonyl (C=O) groups excluding carboxylic acids is 2. The van der Waals surface area contributed by atoms with Gasteiger partial charge in [-0.15, -0.1) is 0 Å². The van der Waals surface area contributed by atoms with Crippen molar-refractivity contribution in [2.75, 3.05) is 11.3 Å². The molecule has 96 valence electrons. The molecule has 0 unspecified atom stereocenters. The van der Waals surface area contributed by atoms with Gasteiger partial charge in [-0.2, -0.15) is 0 Å². The number of halogens is 4. The molecular formula is C10H7BF4NO2-. The number of benzene rings is 1. The van der Waals surface area contributed by atoms with Crippen LogP contribution < -0.4 is 4.90 Å². The summed E-state index contributed by atoms with van der Waals surface area (Å²) in [5, 5.41) is 0. The van der Waals surface area contributed by atoms with Gasteiger partial charge in [-0.05, 0) is 31.1 Å². The van der Waals surface area contributed by atoms with Crippen LogP contribution in [0.2, 0.25) is 0 Å². The van der Waals surface area contributed by atoms with Gasteiger partial charge in [0.25, 0.3) is 11.7 Å². The van der Waals surface area contributed by atoms with Crippen molar-refractivity contribution in [3.05, 3.63) is 29.1 Å². The number of hydrogen-bond donors (Lipinski definition) is 0. The number of nitrogens with zero attached hydrogens (tertiary/aromatic N) is 1. The third-order valence-corrected chi connectivity index (χ3v) is 2.61. The van der Waals surface area contributed by atoms with Crippen LogP contribution in [-0.4, -0.2) is 25.1 Å². The first-order valence-electron chi connectivity index (χ1n) is 5.08. The van der Waals surface area contributed by atoms with Crippen LogP contribution in [0, 0.1) is 12.7 Å². The average Bonchev–Trinajstić information content (AvgIpc) is 2.42. The minimum atomic E-state index is -5.26. The summed E-state index contributed by atoms with van der Waals surface area (Å²) in [4.78, 5) is 23.3. The topological polar surface area (TPSA) is 37.4 Å². The number of aryl methyl sites for hydroxylation is 1. The van der Waals surface area contributed by atoms with Crippen molar-refractivity contribution in [3.63, 3.8) is 0 Å². The zero-order chi connectivity index (χ0) is 13.7. The molecule has 8 heteroatoms. The normalized spacial score (nSPS) is 15.3. The van der Waals surface area contributed by atoms with Gasteiger partial charge >= 0.3 is 6.98 Å². The molecule has 0 fully saturated rings. The van der Waals surface area contributed by atoms with Crippen LogP contribution in [0.5, 0.6) is 0 Å². The largest absolute Gasteiger partial charge is 0.497 e. The Morgan fingerprint density at radius 2 is 1.83 bits per heavy atom. The molecule has 0 aromatic heterocycles. The van der Waals surface area contributed by atoms with Crippen molar-refractivity contribution in [1.29, 1.82) is 0 Å². The predicted octanol–water partition coefficient (Wildman–Crippen LogP) is 2.05. The molecule has 0 radical (unpaired) electrons. The Kier molecular flexibility index (Phi) is 2.68. The highest BCUT2D eigenvalue weighted by Crippen LogP contribution is 2.34. The summed E-state index contributed by atoms with van der Waals surface area (Å²) >= 11 is 0. The maximum atomic E-state index is 13.1. The maximum Gasteiger partial charge on any atom is 0.497 e. The first-order chi connectivity index (χ1) is 8.20. The Balaban J connectivity index is 2.55. The molecule has 1 amide bonds. The van der Waals surface area contributed by atoms with E-state index < -0.39 is 30.9 Å². The van der Waals surface area contributed by atoms with E-state index in [0.717, 1.165) is 12.1 Å². The second-order valence-electron chi connectivity index (χ2n) is 4.07. The predicted molar refractivity (Wildman–Crippen MR) is 56.9 cm³/mol. The molecule has 0 saturated carbocycles. The molecule has 0 N–H and O–H groups in total. The van der Waals surface area contributed by atoms with Crippen molar-refractivity contribution < 1.29 is 26.9 Å². The van der Waals surface area contributed by atoms with E-state index >= 15 is 0 Å². The lowest BCUT2D eigenvalue weighted by Crippen LogP contribution is -2.41. The van der Waals surface area contributed by atoms with E-state index in [4.69, 9.17) is 0 Å². The van der Waals surface area contributed by atoms with Crippen molar-refractivity contribution in [2.45, 2.75) is 6.92 Å². The van der Waals surface area contributed by atoms with E-state index in [9.17, 15) is 26.9 Å². The zero-order valence-corrected chi connectivity index (χ0v) is 9.21. The number of ketones is 1. The molecule has 0 atom stereocenters.